The first-order valence-corrected chi connectivity index (χ1v) is 8.11. The molecule has 23 heavy (non-hydrogen) atoms. The molecule has 122 valence electrons. The maximum atomic E-state index is 12.2. The second-order valence-corrected chi connectivity index (χ2v) is 6.44. The second kappa shape index (κ2) is 6.91. The number of nitrogens with zero attached hydrogens (tertiary/aromatic N) is 3. The van der Waals surface area contributed by atoms with Crippen molar-refractivity contribution < 1.29 is 4.79 Å². The highest BCUT2D eigenvalue weighted by Crippen LogP contribution is 2.16. The van der Waals surface area contributed by atoms with Gasteiger partial charge in [-0.25, -0.2) is 0 Å². The molecule has 0 bridgehead atoms. The minimum Gasteiger partial charge on any atom is -0.347 e. The topological polar surface area (TPSA) is 71.8 Å². The Morgan fingerprint density at radius 1 is 1.35 bits per heavy atom. The molecule has 2 aromatic rings. The summed E-state index contributed by atoms with van der Waals surface area (Å²) < 4.78 is 1.73. The van der Waals surface area contributed by atoms with Crippen LogP contribution in [0.2, 0.25) is 0 Å². The Hall–Kier alpha value is -2.21. The van der Waals surface area contributed by atoms with Crippen molar-refractivity contribution in [3.05, 3.63) is 46.8 Å². The van der Waals surface area contributed by atoms with Gasteiger partial charge in [0, 0.05) is 26.2 Å². The highest BCUT2D eigenvalue weighted by atomic mass is 16.2. The molecule has 0 aliphatic carbocycles. The summed E-state index contributed by atoms with van der Waals surface area (Å²) in [5.41, 5.74) is 4.13. The molecule has 6 nitrogen and oxygen atoms in total. The quantitative estimate of drug-likeness (QED) is 0.854. The van der Waals surface area contributed by atoms with Crippen molar-refractivity contribution in [2.24, 2.45) is 5.92 Å². The smallest absolute Gasteiger partial charge is 0.273 e. The van der Waals surface area contributed by atoms with Gasteiger partial charge in [0.2, 0.25) is 0 Å². The summed E-state index contributed by atoms with van der Waals surface area (Å²) in [6.45, 7) is 7.46. The molecule has 2 N–H and O–H groups in total. The lowest BCUT2D eigenvalue weighted by Gasteiger charge is -2.05. The fourth-order valence-corrected chi connectivity index (χ4v) is 2.63. The number of rotatable bonds is 6. The Morgan fingerprint density at radius 2 is 2.17 bits per heavy atom. The van der Waals surface area contributed by atoms with Gasteiger partial charge in [-0.3, -0.25) is 9.48 Å². The summed E-state index contributed by atoms with van der Waals surface area (Å²) >= 11 is 0. The fraction of sp³-hybridized carbons (Fsp3) is 0.471. The Labute approximate surface area is 136 Å². The largest absolute Gasteiger partial charge is 0.347 e. The third-order valence-electron chi connectivity index (χ3n) is 4.06. The van der Waals surface area contributed by atoms with Crippen molar-refractivity contribution in [1.29, 1.82) is 0 Å². The zero-order chi connectivity index (χ0) is 16.2. The predicted molar refractivity (Wildman–Crippen MR) is 87.6 cm³/mol. The molecule has 1 aromatic heterocycles. The summed E-state index contributed by atoms with van der Waals surface area (Å²) in [4.78, 5) is 12.2. The van der Waals surface area contributed by atoms with E-state index >= 15 is 0 Å². The van der Waals surface area contributed by atoms with Crippen molar-refractivity contribution in [2.45, 2.75) is 46.4 Å². The van der Waals surface area contributed by atoms with E-state index in [4.69, 9.17) is 0 Å². The van der Waals surface area contributed by atoms with Crippen LogP contribution in [0.3, 0.4) is 0 Å². The van der Waals surface area contributed by atoms with Crippen molar-refractivity contribution in [3.63, 3.8) is 0 Å². The molecule has 0 atom stereocenters. The average Bonchev–Trinajstić information content (AvgIpc) is 3.19. The van der Waals surface area contributed by atoms with Gasteiger partial charge in [-0.2, -0.15) is 0 Å². The van der Waals surface area contributed by atoms with E-state index in [1.54, 1.807) is 10.9 Å². The number of benzene rings is 1. The number of hydrogen-bond donors (Lipinski definition) is 2. The normalized spacial score (nSPS) is 13.3. The van der Waals surface area contributed by atoms with E-state index in [2.05, 4.69) is 53.0 Å². The first-order valence-electron chi connectivity index (χ1n) is 8.11. The van der Waals surface area contributed by atoms with Gasteiger partial charge in [-0.15, -0.1) is 5.10 Å². The van der Waals surface area contributed by atoms with Crippen molar-refractivity contribution in [2.75, 3.05) is 0 Å². The highest BCUT2D eigenvalue weighted by molar-refractivity contribution is 5.91. The minimum absolute atomic E-state index is 0.181. The van der Waals surface area contributed by atoms with E-state index in [1.807, 2.05) is 0 Å². The molecular weight excluding hydrogens is 290 g/mol. The van der Waals surface area contributed by atoms with Gasteiger partial charge in [0.15, 0.2) is 5.69 Å². The van der Waals surface area contributed by atoms with E-state index in [0.717, 1.165) is 31.6 Å². The van der Waals surface area contributed by atoms with Gasteiger partial charge in [0.05, 0.1) is 6.20 Å². The van der Waals surface area contributed by atoms with Crippen LogP contribution >= 0.6 is 0 Å². The summed E-state index contributed by atoms with van der Waals surface area (Å²) in [6, 6.07) is 6.33. The average molecular weight is 313 g/mol. The van der Waals surface area contributed by atoms with Crippen LogP contribution < -0.4 is 10.6 Å². The molecule has 0 saturated carbocycles. The van der Waals surface area contributed by atoms with Crippen LogP contribution in [0.5, 0.6) is 0 Å². The molecule has 0 unspecified atom stereocenters. The van der Waals surface area contributed by atoms with Crippen LogP contribution in [0.15, 0.2) is 24.4 Å². The van der Waals surface area contributed by atoms with Gasteiger partial charge in [0.1, 0.15) is 0 Å². The zero-order valence-electron chi connectivity index (χ0n) is 13.7. The summed E-state index contributed by atoms with van der Waals surface area (Å²) in [5, 5.41) is 14.2. The third-order valence-corrected chi connectivity index (χ3v) is 4.06. The fourth-order valence-electron chi connectivity index (χ4n) is 2.63. The molecule has 1 aromatic carbocycles. The second-order valence-electron chi connectivity index (χ2n) is 6.44. The molecular formula is C17H23N5O. The number of carbonyl (C=O) groups is 1. The van der Waals surface area contributed by atoms with Crippen LogP contribution in [0.4, 0.5) is 0 Å². The molecule has 3 rings (SSSR count). The molecule has 2 heterocycles. The maximum Gasteiger partial charge on any atom is 0.273 e. The lowest BCUT2D eigenvalue weighted by atomic mass is 10.1. The molecule has 1 aliphatic rings. The molecule has 0 spiro atoms. The first-order chi connectivity index (χ1) is 11.1. The number of carbonyl (C=O) groups excluding carboxylic acids is 1. The van der Waals surface area contributed by atoms with Crippen molar-refractivity contribution in [1.82, 2.24) is 25.6 Å². The number of amides is 1. The van der Waals surface area contributed by atoms with E-state index in [1.165, 1.54) is 11.1 Å². The monoisotopic (exact) mass is 313 g/mol. The maximum absolute atomic E-state index is 12.2. The van der Waals surface area contributed by atoms with Crippen LogP contribution in [-0.4, -0.2) is 20.9 Å². The van der Waals surface area contributed by atoms with Crippen molar-refractivity contribution >= 4 is 5.91 Å². The predicted octanol–water partition coefficient (Wildman–Crippen LogP) is 1.86. The lowest BCUT2D eigenvalue weighted by Crippen LogP contribution is -2.23. The van der Waals surface area contributed by atoms with E-state index in [-0.39, 0.29) is 5.91 Å². The van der Waals surface area contributed by atoms with Gasteiger partial charge in [-0.1, -0.05) is 37.3 Å². The SMILES string of the molecule is CC(C)CCn1cc(C(=O)NCc2ccc3c(c2)CNC3)nn1. The molecule has 0 radical (unpaired) electrons. The number of hydrogen-bond acceptors (Lipinski definition) is 4. The summed E-state index contributed by atoms with van der Waals surface area (Å²) in [6.07, 6.45) is 2.73. The molecule has 0 fully saturated rings. The molecule has 1 aliphatic heterocycles. The standard InChI is InChI=1S/C17H23N5O/c1-12(2)5-6-22-11-16(20-21-22)17(23)19-8-13-3-4-14-9-18-10-15(14)7-13/h3-4,7,11-12,18H,5-6,8-10H2,1-2H3,(H,19,23). The summed E-state index contributed by atoms with van der Waals surface area (Å²) in [5.74, 6) is 0.421. The lowest BCUT2D eigenvalue weighted by molar-refractivity contribution is 0.0946. The number of nitrogens with one attached hydrogen (secondary N) is 2. The van der Waals surface area contributed by atoms with E-state index < -0.39 is 0 Å². The number of fused-ring (bicyclic) bond motifs is 1. The van der Waals surface area contributed by atoms with Crippen LogP contribution in [0.1, 0.15) is 47.4 Å². The van der Waals surface area contributed by atoms with Gasteiger partial charge >= 0.3 is 0 Å². The number of aromatic nitrogens is 3. The molecule has 1 amide bonds. The number of aryl methyl sites for hydroxylation is 1. The Bertz CT molecular complexity index is 692. The van der Waals surface area contributed by atoms with Gasteiger partial charge < -0.3 is 10.6 Å². The zero-order valence-corrected chi connectivity index (χ0v) is 13.7. The highest BCUT2D eigenvalue weighted by Gasteiger charge is 2.13. The minimum atomic E-state index is -0.181. The van der Waals surface area contributed by atoms with E-state index in [0.29, 0.717) is 18.2 Å². The van der Waals surface area contributed by atoms with E-state index in [9.17, 15) is 4.79 Å². The Balaban J connectivity index is 1.55. The van der Waals surface area contributed by atoms with Crippen LogP contribution in [-0.2, 0) is 26.2 Å². The van der Waals surface area contributed by atoms with Crippen molar-refractivity contribution in [3.8, 4) is 0 Å². The Kier molecular flexibility index (Phi) is 4.71. The van der Waals surface area contributed by atoms with Crippen LogP contribution in [0.25, 0.3) is 0 Å². The first kappa shape index (κ1) is 15.7. The molecule has 6 heteroatoms. The van der Waals surface area contributed by atoms with Gasteiger partial charge in [0.25, 0.3) is 5.91 Å². The molecule has 0 saturated heterocycles. The van der Waals surface area contributed by atoms with Crippen LogP contribution in [0, 0.1) is 5.92 Å². The Morgan fingerprint density at radius 3 is 3.00 bits per heavy atom. The van der Waals surface area contributed by atoms with Gasteiger partial charge in [-0.05, 0) is 29.0 Å². The third kappa shape index (κ3) is 3.96. The summed E-state index contributed by atoms with van der Waals surface area (Å²) in [7, 11) is 0.